The van der Waals surface area contributed by atoms with Gasteiger partial charge in [0.15, 0.2) is 10.6 Å². The van der Waals surface area contributed by atoms with Crippen LogP contribution in [-0.4, -0.2) is 58.5 Å². The molecular formula is C22H24N4O4S3. The Kier molecular flexibility index (Phi) is 8.95. The Labute approximate surface area is 204 Å². The number of hydrogen-bond donors (Lipinski definition) is 2. The molecule has 0 unspecified atom stereocenters. The molecule has 0 spiro atoms. The zero-order valence-electron chi connectivity index (χ0n) is 17.8. The molecule has 0 aliphatic carbocycles. The second kappa shape index (κ2) is 12.3. The molecule has 174 valence electrons. The first-order chi connectivity index (χ1) is 16.2. The summed E-state index contributed by atoms with van der Waals surface area (Å²) >= 11 is 4.54. The number of nitrogens with zero attached hydrogens (tertiary/aromatic N) is 2. The summed E-state index contributed by atoms with van der Waals surface area (Å²) in [5.74, 6) is 1.39. The molecule has 1 aliphatic rings. The monoisotopic (exact) mass is 504 g/mol. The van der Waals surface area contributed by atoms with E-state index in [4.69, 9.17) is 9.47 Å². The maximum atomic E-state index is 12.3. The topological polar surface area (TPSA) is 102 Å². The Bertz CT molecular complexity index is 1070. The van der Waals surface area contributed by atoms with Gasteiger partial charge in [-0.15, -0.1) is 23.1 Å². The zero-order chi connectivity index (χ0) is 22.9. The lowest BCUT2D eigenvalue weighted by molar-refractivity contribution is -0.178. The molecule has 4 rings (SSSR count). The minimum Gasteiger partial charge on any atom is -0.353 e. The molecular weight excluding hydrogens is 480 g/mol. The summed E-state index contributed by atoms with van der Waals surface area (Å²) in [4.78, 5) is 32.9. The number of amides is 2. The van der Waals surface area contributed by atoms with Gasteiger partial charge < -0.3 is 20.1 Å². The molecule has 1 fully saturated rings. The van der Waals surface area contributed by atoms with E-state index in [0.29, 0.717) is 5.82 Å². The molecule has 33 heavy (non-hydrogen) atoms. The van der Waals surface area contributed by atoms with Gasteiger partial charge in [-0.05, 0) is 36.8 Å². The molecule has 1 saturated heterocycles. The van der Waals surface area contributed by atoms with E-state index >= 15 is 0 Å². The second-order valence-corrected chi connectivity index (χ2v) is 10.5. The summed E-state index contributed by atoms with van der Waals surface area (Å²) in [6.45, 7) is 1.53. The SMILES string of the molecule is O=C(CSCC(=O)Nc1ccccn1)Nc1ccc2nc(SCCC3OCCCO3)sc2c1. The lowest BCUT2D eigenvalue weighted by atomic mass is 10.3. The van der Waals surface area contributed by atoms with Gasteiger partial charge in [0.25, 0.3) is 0 Å². The molecule has 2 amide bonds. The van der Waals surface area contributed by atoms with E-state index in [9.17, 15) is 9.59 Å². The zero-order valence-corrected chi connectivity index (χ0v) is 20.3. The van der Waals surface area contributed by atoms with Gasteiger partial charge in [-0.2, -0.15) is 0 Å². The molecule has 2 N–H and O–H groups in total. The molecule has 3 heterocycles. The van der Waals surface area contributed by atoms with Gasteiger partial charge >= 0.3 is 0 Å². The number of hydrogen-bond acceptors (Lipinski definition) is 9. The molecule has 1 aliphatic heterocycles. The van der Waals surface area contributed by atoms with E-state index in [1.807, 2.05) is 18.2 Å². The number of thiazole rings is 1. The van der Waals surface area contributed by atoms with Crippen molar-refractivity contribution < 1.29 is 19.1 Å². The molecule has 0 bridgehead atoms. The average molecular weight is 505 g/mol. The molecule has 0 radical (unpaired) electrons. The molecule has 2 aromatic heterocycles. The van der Waals surface area contributed by atoms with Crippen molar-refractivity contribution in [2.75, 3.05) is 41.1 Å². The van der Waals surface area contributed by atoms with Crippen LogP contribution in [0.5, 0.6) is 0 Å². The fourth-order valence-corrected chi connectivity index (χ4v) is 5.79. The van der Waals surface area contributed by atoms with Gasteiger partial charge in [-0.1, -0.05) is 17.8 Å². The number of rotatable bonds is 10. The summed E-state index contributed by atoms with van der Waals surface area (Å²) in [5, 5.41) is 5.58. The van der Waals surface area contributed by atoms with Crippen LogP contribution in [0.4, 0.5) is 11.5 Å². The van der Waals surface area contributed by atoms with Gasteiger partial charge in [0, 0.05) is 24.1 Å². The minimum atomic E-state index is -0.191. The second-order valence-electron chi connectivity index (χ2n) is 7.13. The van der Waals surface area contributed by atoms with E-state index in [-0.39, 0.29) is 29.6 Å². The largest absolute Gasteiger partial charge is 0.353 e. The van der Waals surface area contributed by atoms with E-state index in [1.165, 1.54) is 11.8 Å². The van der Waals surface area contributed by atoms with Crippen LogP contribution in [0.25, 0.3) is 10.2 Å². The van der Waals surface area contributed by atoms with Crippen LogP contribution in [0.3, 0.4) is 0 Å². The number of anilines is 2. The van der Waals surface area contributed by atoms with Crippen molar-refractivity contribution in [1.82, 2.24) is 9.97 Å². The highest BCUT2D eigenvalue weighted by Gasteiger charge is 2.15. The number of benzene rings is 1. The van der Waals surface area contributed by atoms with Crippen molar-refractivity contribution in [3.8, 4) is 0 Å². The number of ether oxygens (including phenoxy) is 2. The molecule has 3 aromatic rings. The number of fused-ring (bicyclic) bond motifs is 1. The Morgan fingerprint density at radius 3 is 2.70 bits per heavy atom. The van der Waals surface area contributed by atoms with Crippen molar-refractivity contribution >= 4 is 68.4 Å². The van der Waals surface area contributed by atoms with Crippen LogP contribution in [0.2, 0.25) is 0 Å². The number of carbonyl (C=O) groups is 2. The van der Waals surface area contributed by atoms with Crippen LogP contribution in [-0.2, 0) is 19.1 Å². The van der Waals surface area contributed by atoms with Gasteiger partial charge in [0.2, 0.25) is 11.8 Å². The van der Waals surface area contributed by atoms with Crippen molar-refractivity contribution in [2.24, 2.45) is 0 Å². The fraction of sp³-hybridized carbons (Fsp3) is 0.364. The Morgan fingerprint density at radius 1 is 1.09 bits per heavy atom. The molecule has 0 saturated carbocycles. The first-order valence-corrected chi connectivity index (χ1v) is 13.5. The Hall–Kier alpha value is -2.18. The summed E-state index contributed by atoms with van der Waals surface area (Å²) in [6.07, 6.45) is 3.29. The van der Waals surface area contributed by atoms with Crippen LogP contribution in [0.15, 0.2) is 46.9 Å². The highest BCUT2D eigenvalue weighted by atomic mass is 32.2. The molecule has 8 nitrogen and oxygen atoms in total. The van der Waals surface area contributed by atoms with Gasteiger partial charge in [0.05, 0.1) is 34.9 Å². The fourth-order valence-electron chi connectivity index (χ4n) is 3.04. The number of nitrogens with one attached hydrogen (secondary N) is 2. The summed E-state index contributed by atoms with van der Waals surface area (Å²) < 4.78 is 13.2. The average Bonchev–Trinajstić information content (AvgIpc) is 3.22. The van der Waals surface area contributed by atoms with Gasteiger partial charge in [-0.3, -0.25) is 9.59 Å². The highest BCUT2D eigenvalue weighted by Crippen LogP contribution is 2.32. The predicted molar refractivity (Wildman–Crippen MR) is 134 cm³/mol. The van der Waals surface area contributed by atoms with E-state index in [1.54, 1.807) is 47.5 Å². The minimum absolute atomic E-state index is 0.110. The predicted octanol–water partition coefficient (Wildman–Crippen LogP) is 4.25. The summed E-state index contributed by atoms with van der Waals surface area (Å²) in [7, 11) is 0. The maximum Gasteiger partial charge on any atom is 0.235 e. The van der Waals surface area contributed by atoms with E-state index in [2.05, 4.69) is 20.6 Å². The van der Waals surface area contributed by atoms with Crippen molar-refractivity contribution in [3.63, 3.8) is 0 Å². The number of carbonyl (C=O) groups excluding carboxylic acids is 2. The normalized spacial score (nSPS) is 14.3. The quantitative estimate of drug-likeness (QED) is 0.395. The summed E-state index contributed by atoms with van der Waals surface area (Å²) in [6, 6.07) is 11.0. The molecule has 1 aromatic carbocycles. The first-order valence-electron chi connectivity index (χ1n) is 10.5. The Morgan fingerprint density at radius 2 is 1.91 bits per heavy atom. The van der Waals surface area contributed by atoms with E-state index in [0.717, 1.165) is 52.1 Å². The lowest BCUT2D eigenvalue weighted by Crippen LogP contribution is -2.25. The van der Waals surface area contributed by atoms with Crippen molar-refractivity contribution in [2.45, 2.75) is 23.5 Å². The van der Waals surface area contributed by atoms with Gasteiger partial charge in [-0.25, -0.2) is 9.97 Å². The van der Waals surface area contributed by atoms with Crippen molar-refractivity contribution in [3.05, 3.63) is 42.6 Å². The van der Waals surface area contributed by atoms with Crippen LogP contribution in [0.1, 0.15) is 12.8 Å². The third-order valence-corrected chi connectivity index (χ3v) is 7.65. The molecule has 11 heteroatoms. The van der Waals surface area contributed by atoms with Gasteiger partial charge in [0.1, 0.15) is 5.82 Å². The number of pyridine rings is 1. The lowest BCUT2D eigenvalue weighted by Gasteiger charge is -2.22. The van der Waals surface area contributed by atoms with Crippen LogP contribution in [0, 0.1) is 0 Å². The standard InChI is InChI=1S/C22H24N4O4S3/c27-19(13-31-14-20(28)26-18-4-1-2-8-23-18)24-15-5-6-16-17(12-15)33-22(25-16)32-11-7-21-29-9-3-10-30-21/h1-2,4-6,8,12,21H,3,7,9-11,13-14H2,(H,24,27)(H,23,26,28). The van der Waals surface area contributed by atoms with E-state index < -0.39 is 0 Å². The number of aromatic nitrogens is 2. The highest BCUT2D eigenvalue weighted by molar-refractivity contribution is 8.01. The smallest absolute Gasteiger partial charge is 0.235 e. The third kappa shape index (κ3) is 7.68. The summed E-state index contributed by atoms with van der Waals surface area (Å²) in [5.41, 5.74) is 1.63. The maximum absolute atomic E-state index is 12.3. The third-order valence-electron chi connectivity index (χ3n) is 4.53. The first kappa shape index (κ1) is 24.0. The Balaban J connectivity index is 1.20. The molecule has 0 atom stereocenters. The number of thioether (sulfide) groups is 2. The van der Waals surface area contributed by atoms with Crippen LogP contribution >= 0.6 is 34.9 Å². The van der Waals surface area contributed by atoms with Crippen LogP contribution < -0.4 is 10.6 Å². The van der Waals surface area contributed by atoms with Crippen molar-refractivity contribution in [1.29, 1.82) is 0 Å².